The highest BCUT2D eigenvalue weighted by atomic mass is 32.1. The highest BCUT2D eigenvalue weighted by Crippen LogP contribution is 2.33. The largest absolute Gasteiger partial charge is 0.483 e. The number of esters is 1. The molecule has 1 atom stereocenters. The number of rotatable bonds is 10. The first-order valence-electron chi connectivity index (χ1n) is 14.1. The monoisotopic (exact) mass is 613 g/mol. The number of benzene rings is 3. The molecule has 0 fully saturated rings. The summed E-state index contributed by atoms with van der Waals surface area (Å²) in [6.07, 6.45) is 1.61. The molecule has 0 saturated carbocycles. The summed E-state index contributed by atoms with van der Waals surface area (Å²) in [6, 6.07) is 20.8. The zero-order valence-corrected chi connectivity index (χ0v) is 25.3. The van der Waals surface area contributed by atoms with E-state index in [1.165, 1.54) is 12.1 Å². The van der Waals surface area contributed by atoms with Gasteiger partial charge in [-0.05, 0) is 62.8 Å². The average Bonchev–Trinajstić information content (AvgIpc) is 3.27. The van der Waals surface area contributed by atoms with Crippen molar-refractivity contribution in [3.8, 4) is 5.75 Å². The number of carbonyl (C=O) groups is 2. The fourth-order valence-electron chi connectivity index (χ4n) is 5.20. The average molecular weight is 614 g/mol. The molecule has 0 radical (unpaired) electrons. The molecule has 1 aliphatic heterocycles. The molecule has 3 aromatic carbocycles. The van der Waals surface area contributed by atoms with Crippen LogP contribution >= 0.6 is 12.2 Å². The van der Waals surface area contributed by atoms with Gasteiger partial charge in [0.05, 0.1) is 24.4 Å². The lowest BCUT2D eigenvalue weighted by Crippen LogP contribution is -2.45. The Labute approximate surface area is 259 Å². The van der Waals surface area contributed by atoms with Crippen LogP contribution in [0.2, 0.25) is 0 Å². The van der Waals surface area contributed by atoms with Crippen molar-refractivity contribution in [1.29, 1.82) is 0 Å². The van der Waals surface area contributed by atoms with Gasteiger partial charge in [-0.2, -0.15) is 5.10 Å². The smallest absolute Gasteiger partial charge is 0.338 e. The summed E-state index contributed by atoms with van der Waals surface area (Å²) in [5.74, 6) is -0.814. The van der Waals surface area contributed by atoms with E-state index >= 15 is 0 Å². The molecular formula is C33H32FN5O4S. The number of fused-ring (bicyclic) bond motifs is 1. The Morgan fingerprint density at radius 1 is 1.07 bits per heavy atom. The Kier molecular flexibility index (Phi) is 9.35. The third-order valence-corrected chi connectivity index (χ3v) is 7.49. The van der Waals surface area contributed by atoms with Crippen molar-refractivity contribution < 1.29 is 23.5 Å². The minimum absolute atomic E-state index is 0.222. The maximum atomic E-state index is 13.4. The molecule has 9 nitrogen and oxygen atoms in total. The van der Waals surface area contributed by atoms with Crippen molar-refractivity contribution in [2.24, 2.45) is 5.10 Å². The van der Waals surface area contributed by atoms with E-state index in [0.29, 0.717) is 34.2 Å². The van der Waals surface area contributed by atoms with Gasteiger partial charge in [-0.25, -0.2) is 14.6 Å². The molecule has 3 N–H and O–H groups in total. The van der Waals surface area contributed by atoms with E-state index < -0.39 is 17.9 Å². The number of para-hydroxylation sites is 2. The van der Waals surface area contributed by atoms with Gasteiger partial charge >= 0.3 is 5.97 Å². The van der Waals surface area contributed by atoms with Gasteiger partial charge in [0.25, 0.3) is 5.91 Å². The van der Waals surface area contributed by atoms with Gasteiger partial charge in [0.2, 0.25) is 0 Å². The SMILES string of the molecule is CCOC(=O)C1=C(C)NC(=S)N[C@@H]1c1ccccc1OCC(=O)NN=Cc1c(C)n(Cc2ccc(F)cc2)c2ccccc12. The van der Waals surface area contributed by atoms with Crippen LogP contribution in [0.25, 0.3) is 10.9 Å². The van der Waals surface area contributed by atoms with Crippen LogP contribution in [0.3, 0.4) is 0 Å². The minimum atomic E-state index is -0.629. The van der Waals surface area contributed by atoms with Crippen LogP contribution in [0.4, 0.5) is 4.39 Å². The number of aromatic nitrogens is 1. The van der Waals surface area contributed by atoms with Crippen LogP contribution in [0.5, 0.6) is 5.75 Å². The van der Waals surface area contributed by atoms with Gasteiger partial charge < -0.3 is 24.7 Å². The molecule has 44 heavy (non-hydrogen) atoms. The van der Waals surface area contributed by atoms with Crippen LogP contribution < -0.4 is 20.8 Å². The van der Waals surface area contributed by atoms with Crippen molar-refractivity contribution in [3.63, 3.8) is 0 Å². The number of ether oxygens (including phenoxy) is 2. The Morgan fingerprint density at radius 3 is 2.57 bits per heavy atom. The van der Waals surface area contributed by atoms with Crippen LogP contribution in [0, 0.1) is 12.7 Å². The number of thiocarbonyl (C=S) groups is 1. The molecule has 1 aromatic heterocycles. The zero-order valence-electron chi connectivity index (χ0n) is 24.5. The maximum Gasteiger partial charge on any atom is 0.338 e. The van der Waals surface area contributed by atoms with Crippen molar-refractivity contribution >= 4 is 46.3 Å². The molecule has 226 valence electrons. The van der Waals surface area contributed by atoms with Gasteiger partial charge in [0.15, 0.2) is 11.7 Å². The molecule has 0 bridgehead atoms. The van der Waals surface area contributed by atoms with Crippen molar-refractivity contribution in [1.82, 2.24) is 20.6 Å². The van der Waals surface area contributed by atoms with E-state index in [4.69, 9.17) is 21.7 Å². The van der Waals surface area contributed by atoms with Crippen LogP contribution in [0.15, 0.2) is 89.2 Å². The van der Waals surface area contributed by atoms with Crippen molar-refractivity contribution in [2.45, 2.75) is 33.4 Å². The maximum absolute atomic E-state index is 13.4. The fourth-order valence-corrected chi connectivity index (χ4v) is 5.47. The number of hydrogen-bond acceptors (Lipinski definition) is 6. The molecule has 4 aromatic rings. The van der Waals surface area contributed by atoms with Gasteiger partial charge in [-0.15, -0.1) is 0 Å². The molecule has 0 aliphatic carbocycles. The van der Waals surface area contributed by atoms with E-state index in [-0.39, 0.29) is 19.0 Å². The van der Waals surface area contributed by atoms with Crippen LogP contribution in [-0.2, 0) is 20.9 Å². The summed E-state index contributed by atoms with van der Waals surface area (Å²) in [5, 5.41) is 11.6. The lowest BCUT2D eigenvalue weighted by atomic mass is 9.95. The molecule has 0 saturated heterocycles. The molecule has 2 heterocycles. The van der Waals surface area contributed by atoms with Crippen LogP contribution in [-0.4, -0.2) is 41.0 Å². The first kappa shape index (κ1) is 30.4. The number of nitrogens with zero attached hydrogens (tertiary/aromatic N) is 2. The Balaban J connectivity index is 1.29. The van der Waals surface area contributed by atoms with Gasteiger partial charge in [0, 0.05) is 40.0 Å². The number of allylic oxidation sites excluding steroid dienone is 1. The van der Waals surface area contributed by atoms with Gasteiger partial charge in [-0.1, -0.05) is 48.5 Å². The lowest BCUT2D eigenvalue weighted by Gasteiger charge is -2.30. The van der Waals surface area contributed by atoms with E-state index in [0.717, 1.165) is 27.7 Å². The lowest BCUT2D eigenvalue weighted by molar-refractivity contribution is -0.139. The third kappa shape index (κ3) is 6.63. The minimum Gasteiger partial charge on any atom is -0.483 e. The molecule has 1 amide bonds. The predicted molar refractivity (Wildman–Crippen MR) is 171 cm³/mol. The Hall–Kier alpha value is -5.03. The highest BCUT2D eigenvalue weighted by molar-refractivity contribution is 7.80. The van der Waals surface area contributed by atoms with Gasteiger partial charge in [0.1, 0.15) is 11.6 Å². The summed E-state index contributed by atoms with van der Waals surface area (Å²) in [6.45, 7) is 5.94. The molecule has 1 aliphatic rings. The first-order valence-corrected chi connectivity index (χ1v) is 14.5. The van der Waals surface area contributed by atoms with E-state index in [1.54, 1.807) is 50.4 Å². The Morgan fingerprint density at radius 2 is 1.80 bits per heavy atom. The molecule has 11 heteroatoms. The molecular weight excluding hydrogens is 581 g/mol. The summed E-state index contributed by atoms with van der Waals surface area (Å²) in [4.78, 5) is 25.5. The predicted octanol–water partition coefficient (Wildman–Crippen LogP) is 5.02. The zero-order chi connectivity index (χ0) is 31.2. The summed E-state index contributed by atoms with van der Waals surface area (Å²) in [7, 11) is 0. The van der Waals surface area contributed by atoms with E-state index in [2.05, 4.69) is 25.7 Å². The number of amides is 1. The topological polar surface area (TPSA) is 106 Å². The number of hydrazone groups is 1. The quantitative estimate of drug-likeness (QED) is 0.0998. The van der Waals surface area contributed by atoms with Gasteiger partial charge in [-0.3, -0.25) is 4.79 Å². The normalized spacial score (nSPS) is 14.8. The summed E-state index contributed by atoms with van der Waals surface area (Å²) >= 11 is 5.33. The number of halogens is 1. The van der Waals surface area contributed by atoms with Crippen LogP contribution in [0.1, 0.15) is 42.3 Å². The standard InChI is InChI=1S/C33H32FN5O4S/c1-4-42-32(41)30-20(2)36-33(44)37-31(30)25-10-6-8-12-28(25)43-19-29(40)38-35-17-26-21(3)39(27-11-7-5-9-24(26)27)18-22-13-15-23(34)16-14-22/h5-17,31H,4,18-19H2,1-3H3,(H,38,40)(H2,36,37,44)/t31-/m1/s1. The second-order valence-electron chi connectivity index (χ2n) is 10.1. The Bertz CT molecular complexity index is 1780. The molecule has 5 rings (SSSR count). The molecule has 0 unspecified atom stereocenters. The number of carbonyl (C=O) groups excluding carboxylic acids is 2. The number of hydrogen-bond donors (Lipinski definition) is 3. The van der Waals surface area contributed by atoms with E-state index in [1.807, 2.05) is 37.3 Å². The van der Waals surface area contributed by atoms with Crippen molar-refractivity contribution in [3.05, 3.63) is 112 Å². The second kappa shape index (κ2) is 13.5. The first-order chi connectivity index (χ1) is 21.3. The van der Waals surface area contributed by atoms with E-state index in [9.17, 15) is 14.0 Å². The van der Waals surface area contributed by atoms with Crippen molar-refractivity contribution in [2.75, 3.05) is 13.2 Å². The second-order valence-corrected chi connectivity index (χ2v) is 10.5. The summed E-state index contributed by atoms with van der Waals surface area (Å²) in [5.41, 5.74) is 7.89. The molecule has 0 spiro atoms. The highest BCUT2D eigenvalue weighted by Gasteiger charge is 2.32. The third-order valence-electron chi connectivity index (χ3n) is 7.27. The summed E-state index contributed by atoms with van der Waals surface area (Å²) < 4.78 is 26.7. The fraction of sp³-hybridized carbons (Fsp3) is 0.212. The number of nitrogens with one attached hydrogen (secondary N) is 3.